The molecule has 2 heterocycles. The lowest BCUT2D eigenvalue weighted by molar-refractivity contribution is -0.136. The number of carbonyl (C=O) groups is 1. The van der Waals surface area contributed by atoms with Gasteiger partial charge in [-0.15, -0.1) is 0 Å². The second kappa shape index (κ2) is 3.84. The minimum Gasteiger partial charge on any atom is -0.496 e. The summed E-state index contributed by atoms with van der Waals surface area (Å²) < 4.78 is 7.02. The zero-order valence-corrected chi connectivity index (χ0v) is 9.10. The van der Waals surface area contributed by atoms with Crippen LogP contribution in [0, 0.1) is 0 Å². The number of hydrogen-bond acceptors (Lipinski definition) is 3. The summed E-state index contributed by atoms with van der Waals surface area (Å²) in [7, 11) is 3.40. The molecule has 0 unspecified atom stereocenters. The molecule has 2 aromatic rings. The molecule has 84 valence electrons. The lowest BCUT2D eigenvalue weighted by Crippen LogP contribution is -1.99. The van der Waals surface area contributed by atoms with Gasteiger partial charge in [-0.05, 0) is 11.6 Å². The lowest BCUT2D eigenvalue weighted by atomic mass is 10.1. The fourth-order valence-corrected chi connectivity index (χ4v) is 1.83. The number of fused-ring (bicyclic) bond motifs is 1. The van der Waals surface area contributed by atoms with Crippen molar-refractivity contribution in [2.75, 3.05) is 7.11 Å². The molecule has 0 bridgehead atoms. The highest BCUT2D eigenvalue weighted by molar-refractivity contribution is 5.90. The largest absolute Gasteiger partial charge is 0.496 e. The fourth-order valence-electron chi connectivity index (χ4n) is 1.83. The molecular weight excluding hydrogens is 208 g/mol. The van der Waals surface area contributed by atoms with E-state index in [-0.39, 0.29) is 6.42 Å². The predicted octanol–water partition coefficient (Wildman–Crippen LogP) is 1.21. The number of rotatable bonds is 3. The van der Waals surface area contributed by atoms with E-state index in [1.54, 1.807) is 30.1 Å². The van der Waals surface area contributed by atoms with Gasteiger partial charge in [0, 0.05) is 19.4 Å². The maximum Gasteiger partial charge on any atom is 0.307 e. The van der Waals surface area contributed by atoms with Crippen molar-refractivity contribution in [3.05, 3.63) is 24.0 Å². The molecule has 0 aliphatic heterocycles. The van der Waals surface area contributed by atoms with E-state index in [4.69, 9.17) is 9.84 Å². The van der Waals surface area contributed by atoms with Crippen molar-refractivity contribution in [3.63, 3.8) is 0 Å². The molecule has 0 aliphatic carbocycles. The third kappa shape index (κ3) is 1.60. The maximum atomic E-state index is 10.8. The van der Waals surface area contributed by atoms with E-state index in [0.717, 1.165) is 16.6 Å². The summed E-state index contributed by atoms with van der Waals surface area (Å²) in [5, 5.41) is 9.60. The van der Waals surface area contributed by atoms with E-state index in [9.17, 15) is 4.79 Å². The summed E-state index contributed by atoms with van der Waals surface area (Å²) in [5.74, 6) is -0.208. The van der Waals surface area contributed by atoms with Crippen molar-refractivity contribution in [1.29, 1.82) is 0 Å². The van der Waals surface area contributed by atoms with Crippen molar-refractivity contribution < 1.29 is 14.6 Å². The van der Waals surface area contributed by atoms with E-state index in [0.29, 0.717) is 5.75 Å². The summed E-state index contributed by atoms with van der Waals surface area (Å²) in [6.45, 7) is 0. The zero-order chi connectivity index (χ0) is 11.7. The smallest absolute Gasteiger partial charge is 0.307 e. The summed E-state index contributed by atoms with van der Waals surface area (Å²) in [6.07, 6.45) is 3.39. The van der Waals surface area contributed by atoms with Crippen LogP contribution in [0.2, 0.25) is 0 Å². The zero-order valence-electron chi connectivity index (χ0n) is 9.10. The van der Waals surface area contributed by atoms with Gasteiger partial charge in [-0.1, -0.05) is 0 Å². The normalized spacial score (nSPS) is 10.6. The number of aromatic nitrogens is 2. The Hall–Kier alpha value is -2.04. The molecule has 0 aromatic carbocycles. The number of aryl methyl sites for hydroxylation is 1. The highest BCUT2D eigenvalue weighted by Crippen LogP contribution is 2.28. The van der Waals surface area contributed by atoms with Gasteiger partial charge >= 0.3 is 5.97 Å². The van der Waals surface area contributed by atoms with Gasteiger partial charge in [0.05, 0.1) is 18.9 Å². The van der Waals surface area contributed by atoms with Crippen LogP contribution in [0.3, 0.4) is 0 Å². The molecule has 1 N–H and O–H groups in total. The van der Waals surface area contributed by atoms with Crippen LogP contribution in [0.5, 0.6) is 5.75 Å². The van der Waals surface area contributed by atoms with Crippen LogP contribution in [0.4, 0.5) is 0 Å². The summed E-state index contributed by atoms with van der Waals surface area (Å²) in [4.78, 5) is 15.0. The number of methoxy groups -OCH3 is 1. The summed E-state index contributed by atoms with van der Waals surface area (Å²) in [6, 6.07) is 1.73. The molecule has 0 saturated heterocycles. The minimum absolute atomic E-state index is 0.0284. The SMILES string of the molecule is COc1ccnc2c1c(CC(=O)O)cn2C. The molecular formula is C11H12N2O3. The average molecular weight is 220 g/mol. The monoisotopic (exact) mass is 220 g/mol. The fraction of sp³-hybridized carbons (Fsp3) is 0.273. The molecule has 0 saturated carbocycles. The van der Waals surface area contributed by atoms with Crippen LogP contribution in [-0.4, -0.2) is 27.7 Å². The standard InChI is InChI=1S/C11H12N2O3/c1-13-6-7(5-9(14)15)10-8(16-2)3-4-12-11(10)13/h3-4,6H,5H2,1-2H3,(H,14,15). The van der Waals surface area contributed by atoms with Gasteiger partial charge in [-0.25, -0.2) is 4.98 Å². The summed E-state index contributed by atoms with van der Waals surface area (Å²) in [5.41, 5.74) is 1.45. The number of hydrogen-bond donors (Lipinski definition) is 1. The first-order valence-corrected chi connectivity index (χ1v) is 4.82. The highest BCUT2D eigenvalue weighted by atomic mass is 16.5. The van der Waals surface area contributed by atoms with Crippen molar-refractivity contribution in [3.8, 4) is 5.75 Å². The van der Waals surface area contributed by atoms with E-state index in [1.165, 1.54) is 0 Å². The van der Waals surface area contributed by atoms with Gasteiger partial charge in [0.1, 0.15) is 11.4 Å². The van der Waals surface area contributed by atoms with Crippen molar-refractivity contribution >= 4 is 17.0 Å². The first-order valence-electron chi connectivity index (χ1n) is 4.82. The Kier molecular flexibility index (Phi) is 2.52. The Bertz CT molecular complexity index is 545. The van der Waals surface area contributed by atoms with Gasteiger partial charge in [-0.3, -0.25) is 4.79 Å². The Morgan fingerprint density at radius 2 is 2.38 bits per heavy atom. The summed E-state index contributed by atoms with van der Waals surface area (Å²) >= 11 is 0. The molecule has 0 aliphatic rings. The maximum absolute atomic E-state index is 10.8. The second-order valence-corrected chi connectivity index (χ2v) is 3.55. The third-order valence-corrected chi connectivity index (χ3v) is 2.46. The van der Waals surface area contributed by atoms with E-state index >= 15 is 0 Å². The van der Waals surface area contributed by atoms with Gasteiger partial charge < -0.3 is 14.4 Å². The molecule has 0 atom stereocenters. The second-order valence-electron chi connectivity index (χ2n) is 3.55. The van der Waals surface area contributed by atoms with Crippen LogP contribution < -0.4 is 4.74 Å². The number of carboxylic acids is 1. The van der Waals surface area contributed by atoms with Crippen LogP contribution in [0.1, 0.15) is 5.56 Å². The quantitative estimate of drug-likeness (QED) is 0.844. The third-order valence-electron chi connectivity index (χ3n) is 2.46. The van der Waals surface area contributed by atoms with Crippen molar-refractivity contribution in [1.82, 2.24) is 9.55 Å². The van der Waals surface area contributed by atoms with Gasteiger partial charge in [-0.2, -0.15) is 0 Å². The lowest BCUT2D eigenvalue weighted by Gasteiger charge is -2.02. The van der Waals surface area contributed by atoms with Crippen LogP contribution in [0.15, 0.2) is 18.5 Å². The molecule has 5 nitrogen and oxygen atoms in total. The Morgan fingerprint density at radius 3 is 3.00 bits per heavy atom. The van der Waals surface area contributed by atoms with Crippen molar-refractivity contribution in [2.24, 2.45) is 7.05 Å². The highest BCUT2D eigenvalue weighted by Gasteiger charge is 2.14. The van der Waals surface area contributed by atoms with E-state index < -0.39 is 5.97 Å². The topological polar surface area (TPSA) is 64.3 Å². The van der Waals surface area contributed by atoms with Crippen molar-refractivity contribution in [2.45, 2.75) is 6.42 Å². The van der Waals surface area contributed by atoms with Crippen LogP contribution >= 0.6 is 0 Å². The molecule has 0 radical (unpaired) electrons. The molecule has 0 amide bonds. The average Bonchev–Trinajstić information content (AvgIpc) is 2.55. The molecule has 0 spiro atoms. The predicted molar refractivity (Wildman–Crippen MR) is 58.6 cm³/mol. The Labute approximate surface area is 92.3 Å². The van der Waals surface area contributed by atoms with E-state index in [2.05, 4.69) is 4.98 Å². The van der Waals surface area contributed by atoms with Crippen LogP contribution in [-0.2, 0) is 18.3 Å². The van der Waals surface area contributed by atoms with Gasteiger partial charge in [0.15, 0.2) is 0 Å². The molecule has 2 aromatic heterocycles. The molecule has 2 rings (SSSR count). The van der Waals surface area contributed by atoms with Gasteiger partial charge in [0.2, 0.25) is 0 Å². The van der Waals surface area contributed by atoms with E-state index in [1.807, 2.05) is 7.05 Å². The number of aliphatic carboxylic acids is 1. The first kappa shape index (κ1) is 10.5. The Morgan fingerprint density at radius 1 is 1.62 bits per heavy atom. The Balaban J connectivity index is 2.69. The minimum atomic E-state index is -0.863. The number of nitrogens with zero attached hydrogens (tertiary/aromatic N) is 2. The number of carboxylic acid groups (broad SMARTS) is 1. The molecule has 5 heteroatoms. The number of ether oxygens (including phenoxy) is 1. The van der Waals surface area contributed by atoms with Gasteiger partial charge in [0.25, 0.3) is 0 Å². The number of pyridine rings is 1. The first-order chi connectivity index (χ1) is 7.63. The van der Waals surface area contributed by atoms with Crippen LogP contribution in [0.25, 0.3) is 11.0 Å². The molecule has 0 fully saturated rings. The molecule has 16 heavy (non-hydrogen) atoms.